The summed E-state index contributed by atoms with van der Waals surface area (Å²) in [5.74, 6) is 7.30. The number of methoxy groups -OCH3 is 1. The molecule has 0 atom stereocenters. The van der Waals surface area contributed by atoms with E-state index in [4.69, 9.17) is 10.6 Å². The lowest BCUT2D eigenvalue weighted by molar-refractivity contribution is 0.178. The Balaban J connectivity index is 1.97. The van der Waals surface area contributed by atoms with Crippen LogP contribution in [0.1, 0.15) is 17.0 Å². The molecule has 1 aromatic carbocycles. The SMILES string of the molecule is COCc1nc(NN)cc(NCCc2cccc(C)c2)n1. The first-order valence-electron chi connectivity index (χ1n) is 6.84. The molecule has 2 aromatic rings. The van der Waals surface area contributed by atoms with Crippen molar-refractivity contribution in [1.29, 1.82) is 0 Å². The average Bonchev–Trinajstić information content (AvgIpc) is 2.47. The van der Waals surface area contributed by atoms with Gasteiger partial charge in [-0.25, -0.2) is 15.8 Å². The summed E-state index contributed by atoms with van der Waals surface area (Å²) in [5, 5.41) is 3.28. The first kappa shape index (κ1) is 15.2. The zero-order valence-corrected chi connectivity index (χ0v) is 12.4. The molecule has 0 amide bonds. The topological polar surface area (TPSA) is 85.1 Å². The van der Waals surface area contributed by atoms with Crippen molar-refractivity contribution in [3.63, 3.8) is 0 Å². The van der Waals surface area contributed by atoms with Gasteiger partial charge < -0.3 is 15.5 Å². The van der Waals surface area contributed by atoms with E-state index in [9.17, 15) is 0 Å². The van der Waals surface area contributed by atoms with Crippen LogP contribution in [0.3, 0.4) is 0 Å². The maximum absolute atomic E-state index is 5.41. The number of hydrazine groups is 1. The van der Waals surface area contributed by atoms with E-state index in [-0.39, 0.29) is 0 Å². The van der Waals surface area contributed by atoms with Gasteiger partial charge >= 0.3 is 0 Å². The summed E-state index contributed by atoms with van der Waals surface area (Å²) in [7, 11) is 1.61. The molecule has 2 rings (SSSR count). The Bertz CT molecular complexity index is 588. The van der Waals surface area contributed by atoms with Crippen LogP contribution in [-0.2, 0) is 17.8 Å². The largest absolute Gasteiger partial charge is 0.377 e. The van der Waals surface area contributed by atoms with Crippen molar-refractivity contribution >= 4 is 11.6 Å². The van der Waals surface area contributed by atoms with Crippen molar-refractivity contribution < 1.29 is 4.74 Å². The molecule has 0 aliphatic rings. The number of nitrogens with one attached hydrogen (secondary N) is 2. The van der Waals surface area contributed by atoms with Crippen LogP contribution < -0.4 is 16.6 Å². The molecule has 0 bridgehead atoms. The molecule has 112 valence electrons. The molecule has 1 aromatic heterocycles. The summed E-state index contributed by atoms with van der Waals surface area (Å²) in [6.07, 6.45) is 0.927. The highest BCUT2D eigenvalue weighted by atomic mass is 16.5. The number of ether oxygens (including phenoxy) is 1. The lowest BCUT2D eigenvalue weighted by Crippen LogP contribution is -2.13. The maximum Gasteiger partial charge on any atom is 0.158 e. The van der Waals surface area contributed by atoms with Crippen LogP contribution in [-0.4, -0.2) is 23.6 Å². The van der Waals surface area contributed by atoms with Crippen molar-refractivity contribution in [3.8, 4) is 0 Å². The molecule has 1 heterocycles. The molecule has 4 N–H and O–H groups in total. The molecule has 0 radical (unpaired) electrons. The van der Waals surface area contributed by atoms with Crippen molar-refractivity contribution in [1.82, 2.24) is 9.97 Å². The number of aryl methyl sites for hydroxylation is 1. The lowest BCUT2D eigenvalue weighted by Gasteiger charge is -2.09. The van der Waals surface area contributed by atoms with Gasteiger partial charge in [-0.15, -0.1) is 0 Å². The Hall–Kier alpha value is -2.18. The third-order valence-electron chi connectivity index (χ3n) is 3.00. The molecule has 6 heteroatoms. The molecule has 0 saturated heterocycles. The standard InChI is InChI=1S/C15H21N5O/c1-11-4-3-5-12(8-11)6-7-17-13-9-14(20-16)19-15(18-13)10-21-2/h3-5,8-9H,6-7,10,16H2,1-2H3,(H2,17,18,19,20). The van der Waals surface area contributed by atoms with E-state index in [1.807, 2.05) is 0 Å². The van der Waals surface area contributed by atoms with Crippen molar-refractivity contribution in [2.24, 2.45) is 5.84 Å². The van der Waals surface area contributed by atoms with Crippen LogP contribution >= 0.6 is 0 Å². The van der Waals surface area contributed by atoms with Gasteiger partial charge in [-0.1, -0.05) is 29.8 Å². The van der Waals surface area contributed by atoms with E-state index in [0.29, 0.717) is 18.2 Å². The predicted molar refractivity (Wildman–Crippen MR) is 83.9 cm³/mol. The minimum Gasteiger partial charge on any atom is -0.377 e. The third kappa shape index (κ3) is 4.70. The van der Waals surface area contributed by atoms with E-state index in [0.717, 1.165) is 18.8 Å². The molecule has 21 heavy (non-hydrogen) atoms. The average molecular weight is 287 g/mol. The number of anilines is 2. The third-order valence-corrected chi connectivity index (χ3v) is 3.00. The van der Waals surface area contributed by atoms with Crippen LogP contribution in [0.4, 0.5) is 11.6 Å². The molecule has 0 spiro atoms. The summed E-state index contributed by atoms with van der Waals surface area (Å²) >= 11 is 0. The summed E-state index contributed by atoms with van der Waals surface area (Å²) in [5.41, 5.74) is 5.10. The number of nitrogens with two attached hydrogens (primary N) is 1. The Kier molecular flexibility index (Phi) is 5.48. The van der Waals surface area contributed by atoms with E-state index in [1.165, 1.54) is 11.1 Å². The number of benzene rings is 1. The molecule has 0 aliphatic heterocycles. The number of hydrogen-bond donors (Lipinski definition) is 3. The maximum atomic E-state index is 5.41. The van der Waals surface area contributed by atoms with E-state index >= 15 is 0 Å². The molecule has 0 fully saturated rings. The summed E-state index contributed by atoms with van der Waals surface area (Å²) < 4.78 is 5.05. The molecule has 0 unspecified atom stereocenters. The highest BCUT2D eigenvalue weighted by molar-refractivity contribution is 5.46. The van der Waals surface area contributed by atoms with Crippen molar-refractivity contribution in [3.05, 3.63) is 47.3 Å². The predicted octanol–water partition coefficient (Wildman–Crippen LogP) is 1.87. The molecule has 6 nitrogen and oxygen atoms in total. The number of nitrogen functional groups attached to an aromatic ring is 1. The van der Waals surface area contributed by atoms with E-state index in [1.54, 1.807) is 13.2 Å². The zero-order valence-electron chi connectivity index (χ0n) is 12.4. The Morgan fingerprint density at radius 3 is 2.71 bits per heavy atom. The van der Waals surface area contributed by atoms with Gasteiger partial charge in [0.15, 0.2) is 5.82 Å². The molecular formula is C15H21N5O. The highest BCUT2D eigenvalue weighted by Crippen LogP contribution is 2.11. The van der Waals surface area contributed by atoms with Gasteiger partial charge in [-0.2, -0.15) is 0 Å². The second-order valence-corrected chi connectivity index (χ2v) is 4.80. The fraction of sp³-hybridized carbons (Fsp3) is 0.333. The summed E-state index contributed by atoms with van der Waals surface area (Å²) in [4.78, 5) is 8.58. The minimum absolute atomic E-state index is 0.349. The van der Waals surface area contributed by atoms with Crippen molar-refractivity contribution in [2.45, 2.75) is 20.0 Å². The van der Waals surface area contributed by atoms with Crippen LogP contribution in [0, 0.1) is 6.92 Å². The van der Waals surface area contributed by atoms with Crippen LogP contribution in [0.15, 0.2) is 30.3 Å². The zero-order chi connectivity index (χ0) is 15.1. The van der Waals surface area contributed by atoms with Gasteiger partial charge in [-0.05, 0) is 18.9 Å². The van der Waals surface area contributed by atoms with E-state index in [2.05, 4.69) is 51.9 Å². The fourth-order valence-corrected chi connectivity index (χ4v) is 2.06. The quantitative estimate of drug-likeness (QED) is 0.532. The summed E-state index contributed by atoms with van der Waals surface area (Å²) in [6.45, 7) is 3.23. The second kappa shape index (κ2) is 7.56. The highest BCUT2D eigenvalue weighted by Gasteiger charge is 2.03. The number of rotatable bonds is 7. The van der Waals surface area contributed by atoms with Crippen LogP contribution in [0.2, 0.25) is 0 Å². The van der Waals surface area contributed by atoms with Gasteiger partial charge in [0.25, 0.3) is 0 Å². The number of nitrogens with zero attached hydrogens (tertiary/aromatic N) is 2. The molecular weight excluding hydrogens is 266 g/mol. The van der Waals surface area contributed by atoms with Gasteiger partial charge in [0.05, 0.1) is 0 Å². The van der Waals surface area contributed by atoms with Crippen LogP contribution in [0.5, 0.6) is 0 Å². The molecule has 0 saturated carbocycles. The van der Waals surface area contributed by atoms with Gasteiger partial charge in [0, 0.05) is 19.7 Å². The normalized spacial score (nSPS) is 10.4. The Labute approximate surface area is 124 Å². The Morgan fingerprint density at radius 2 is 2.00 bits per heavy atom. The van der Waals surface area contributed by atoms with Crippen molar-refractivity contribution in [2.75, 3.05) is 24.4 Å². The summed E-state index contributed by atoms with van der Waals surface area (Å²) in [6, 6.07) is 10.2. The van der Waals surface area contributed by atoms with Gasteiger partial charge in [-0.3, -0.25) is 0 Å². The molecule has 0 aliphatic carbocycles. The first-order chi connectivity index (χ1) is 10.2. The second-order valence-electron chi connectivity index (χ2n) is 4.80. The first-order valence-corrected chi connectivity index (χ1v) is 6.84. The lowest BCUT2D eigenvalue weighted by atomic mass is 10.1. The minimum atomic E-state index is 0.349. The number of hydrogen-bond acceptors (Lipinski definition) is 6. The Morgan fingerprint density at radius 1 is 1.19 bits per heavy atom. The number of aromatic nitrogens is 2. The van der Waals surface area contributed by atoms with Crippen LogP contribution in [0.25, 0.3) is 0 Å². The van der Waals surface area contributed by atoms with Gasteiger partial charge in [0.1, 0.15) is 18.2 Å². The monoisotopic (exact) mass is 287 g/mol. The van der Waals surface area contributed by atoms with Gasteiger partial charge in [0.2, 0.25) is 0 Å². The fourth-order valence-electron chi connectivity index (χ4n) is 2.06. The smallest absolute Gasteiger partial charge is 0.158 e. The van der Waals surface area contributed by atoms with E-state index < -0.39 is 0 Å².